The van der Waals surface area contributed by atoms with Gasteiger partial charge >= 0.3 is 0 Å². The Balaban J connectivity index is 2.90. The Hall–Kier alpha value is -1.18. The van der Waals surface area contributed by atoms with E-state index in [0.717, 1.165) is 5.56 Å². The summed E-state index contributed by atoms with van der Waals surface area (Å²) in [7, 11) is 0. The molecule has 0 aliphatic carbocycles. The van der Waals surface area contributed by atoms with Crippen molar-refractivity contribution in [2.24, 2.45) is 0 Å². The van der Waals surface area contributed by atoms with Gasteiger partial charge in [0, 0.05) is 5.57 Å². The van der Waals surface area contributed by atoms with E-state index in [0.29, 0.717) is 5.56 Å². The van der Waals surface area contributed by atoms with Crippen molar-refractivity contribution in [3.05, 3.63) is 42.0 Å². The molecule has 0 heterocycles. The number of benzene rings is 1. The number of allylic oxidation sites excluding steroid dienone is 1. The molecule has 1 rings (SSSR count). The molecule has 0 fully saturated rings. The molecule has 0 saturated carbocycles. The molecule has 0 atom stereocenters. The van der Waals surface area contributed by atoms with E-state index < -0.39 is 6.43 Å². The minimum absolute atomic E-state index is 0.116. The van der Waals surface area contributed by atoms with E-state index >= 15 is 0 Å². The summed E-state index contributed by atoms with van der Waals surface area (Å²) in [4.78, 5) is 0. The summed E-state index contributed by atoms with van der Waals surface area (Å²) < 4.78 is 24.2. The normalized spacial score (nSPS) is 10.3. The van der Waals surface area contributed by atoms with Crippen LogP contribution in [-0.2, 0) is 0 Å². The first kappa shape index (κ1) is 8.91. The Kier molecular flexibility index (Phi) is 2.58. The largest absolute Gasteiger partial charge is 0.263 e. The minimum Gasteiger partial charge on any atom is -0.205 e. The summed E-state index contributed by atoms with van der Waals surface area (Å²) in [6, 6.07) is 6.90. The highest BCUT2D eigenvalue weighted by atomic mass is 19.3. The van der Waals surface area contributed by atoms with E-state index in [1.807, 2.05) is 6.92 Å². The maximum Gasteiger partial charge on any atom is 0.263 e. The van der Waals surface area contributed by atoms with Gasteiger partial charge in [0.15, 0.2) is 0 Å². The van der Waals surface area contributed by atoms with Crippen molar-refractivity contribution >= 4 is 5.57 Å². The van der Waals surface area contributed by atoms with Gasteiger partial charge in [-0.25, -0.2) is 8.78 Å². The molecule has 0 unspecified atom stereocenters. The third-order valence-corrected chi connectivity index (χ3v) is 1.69. The molecule has 0 radical (unpaired) electrons. The van der Waals surface area contributed by atoms with Crippen LogP contribution in [0.1, 0.15) is 11.1 Å². The molecule has 0 amide bonds. The number of hydrogen-bond donors (Lipinski definition) is 0. The van der Waals surface area contributed by atoms with Crippen LogP contribution in [0.15, 0.2) is 30.8 Å². The average molecular weight is 168 g/mol. The second kappa shape index (κ2) is 3.48. The lowest BCUT2D eigenvalue weighted by molar-refractivity contribution is 0.215. The highest BCUT2D eigenvalue weighted by Gasteiger charge is 2.09. The number of halogens is 2. The van der Waals surface area contributed by atoms with Crippen LogP contribution >= 0.6 is 0 Å². The van der Waals surface area contributed by atoms with Crippen molar-refractivity contribution in [3.8, 4) is 0 Å². The Bertz CT molecular complexity index is 272. The highest BCUT2D eigenvalue weighted by Crippen LogP contribution is 2.19. The molecule has 1 aromatic carbocycles. The second-order valence-corrected chi connectivity index (χ2v) is 2.69. The molecule has 0 aliphatic rings. The van der Waals surface area contributed by atoms with Gasteiger partial charge in [-0.1, -0.05) is 36.4 Å². The molecule has 0 saturated heterocycles. The first-order valence-electron chi connectivity index (χ1n) is 3.65. The zero-order valence-corrected chi connectivity index (χ0v) is 6.85. The molecule has 2 heteroatoms. The van der Waals surface area contributed by atoms with Crippen molar-refractivity contribution in [1.82, 2.24) is 0 Å². The van der Waals surface area contributed by atoms with Crippen LogP contribution in [0.25, 0.3) is 5.57 Å². The molecular formula is C10H10F2. The Labute approximate surface area is 70.5 Å². The third-order valence-electron chi connectivity index (χ3n) is 1.69. The van der Waals surface area contributed by atoms with Crippen LogP contribution in [0.5, 0.6) is 0 Å². The summed E-state index contributed by atoms with van der Waals surface area (Å²) in [5, 5.41) is 0. The zero-order valence-electron chi connectivity index (χ0n) is 6.85. The van der Waals surface area contributed by atoms with Gasteiger partial charge in [0.05, 0.1) is 0 Å². The first-order valence-corrected chi connectivity index (χ1v) is 3.65. The molecule has 0 spiro atoms. The van der Waals surface area contributed by atoms with E-state index in [1.165, 1.54) is 0 Å². The second-order valence-electron chi connectivity index (χ2n) is 2.69. The van der Waals surface area contributed by atoms with Crippen molar-refractivity contribution in [2.45, 2.75) is 13.3 Å². The van der Waals surface area contributed by atoms with E-state index in [9.17, 15) is 8.78 Å². The third kappa shape index (κ3) is 1.91. The number of rotatable bonds is 2. The van der Waals surface area contributed by atoms with Gasteiger partial charge < -0.3 is 0 Å². The Morgan fingerprint density at radius 3 is 2.17 bits per heavy atom. The van der Waals surface area contributed by atoms with Crippen LogP contribution < -0.4 is 0 Å². The average Bonchev–Trinajstić information content (AvgIpc) is 2.04. The van der Waals surface area contributed by atoms with Gasteiger partial charge in [0.2, 0.25) is 0 Å². The van der Waals surface area contributed by atoms with Crippen LogP contribution in [0.2, 0.25) is 0 Å². The van der Waals surface area contributed by atoms with Crippen LogP contribution in [-0.4, -0.2) is 6.43 Å². The van der Waals surface area contributed by atoms with Gasteiger partial charge in [0.25, 0.3) is 6.43 Å². The van der Waals surface area contributed by atoms with Crippen molar-refractivity contribution < 1.29 is 8.78 Å². The predicted octanol–water partition coefficient (Wildman–Crippen LogP) is 3.27. The summed E-state index contributed by atoms with van der Waals surface area (Å²) in [5.41, 5.74) is 1.45. The fourth-order valence-electron chi connectivity index (χ4n) is 0.894. The summed E-state index contributed by atoms with van der Waals surface area (Å²) in [5.74, 6) is 0. The minimum atomic E-state index is -2.47. The summed E-state index contributed by atoms with van der Waals surface area (Å²) in [6.45, 7) is 5.22. The van der Waals surface area contributed by atoms with E-state index in [1.54, 1.807) is 24.3 Å². The van der Waals surface area contributed by atoms with Gasteiger partial charge in [-0.05, 0) is 12.5 Å². The van der Waals surface area contributed by atoms with E-state index in [4.69, 9.17) is 0 Å². The molecule has 64 valence electrons. The van der Waals surface area contributed by atoms with E-state index in [-0.39, 0.29) is 5.57 Å². The number of alkyl halides is 2. The molecule has 0 bridgehead atoms. The lowest BCUT2D eigenvalue weighted by Gasteiger charge is -2.03. The highest BCUT2D eigenvalue weighted by molar-refractivity contribution is 5.65. The van der Waals surface area contributed by atoms with Crippen LogP contribution in [0.4, 0.5) is 8.78 Å². The zero-order chi connectivity index (χ0) is 9.14. The van der Waals surface area contributed by atoms with Gasteiger partial charge in [0.1, 0.15) is 0 Å². The molecule has 0 nitrogen and oxygen atoms in total. The molecule has 0 aromatic heterocycles. The van der Waals surface area contributed by atoms with Crippen LogP contribution in [0, 0.1) is 6.92 Å². The van der Waals surface area contributed by atoms with Crippen LogP contribution in [0.3, 0.4) is 0 Å². The van der Waals surface area contributed by atoms with E-state index in [2.05, 4.69) is 6.58 Å². The molecule has 0 N–H and O–H groups in total. The lowest BCUT2D eigenvalue weighted by atomic mass is 10.1. The Morgan fingerprint density at radius 1 is 1.25 bits per heavy atom. The quantitative estimate of drug-likeness (QED) is 0.635. The monoisotopic (exact) mass is 168 g/mol. The fourth-order valence-corrected chi connectivity index (χ4v) is 0.894. The molecule has 0 aliphatic heterocycles. The van der Waals surface area contributed by atoms with Gasteiger partial charge in [-0.15, -0.1) is 0 Å². The molecule has 1 aromatic rings. The topological polar surface area (TPSA) is 0 Å². The smallest absolute Gasteiger partial charge is 0.205 e. The van der Waals surface area contributed by atoms with Crippen molar-refractivity contribution in [3.63, 3.8) is 0 Å². The van der Waals surface area contributed by atoms with Gasteiger partial charge in [-0.3, -0.25) is 0 Å². The standard InChI is InChI=1S/C10H10F2/c1-7-3-5-9(6-4-7)8(2)10(11)12/h3-6,10H,2H2,1H3. The van der Waals surface area contributed by atoms with Crippen molar-refractivity contribution in [2.75, 3.05) is 0 Å². The summed E-state index contributed by atoms with van der Waals surface area (Å²) >= 11 is 0. The first-order chi connectivity index (χ1) is 5.61. The molecular weight excluding hydrogens is 158 g/mol. The fraction of sp³-hybridized carbons (Fsp3) is 0.200. The van der Waals surface area contributed by atoms with Crippen molar-refractivity contribution in [1.29, 1.82) is 0 Å². The number of hydrogen-bond acceptors (Lipinski definition) is 0. The SMILES string of the molecule is C=C(c1ccc(C)cc1)C(F)F. The van der Waals surface area contributed by atoms with Gasteiger partial charge in [-0.2, -0.15) is 0 Å². The maximum absolute atomic E-state index is 12.1. The summed E-state index contributed by atoms with van der Waals surface area (Å²) in [6.07, 6.45) is -2.47. The lowest BCUT2D eigenvalue weighted by Crippen LogP contribution is -1.93. The Morgan fingerprint density at radius 2 is 1.75 bits per heavy atom. The number of aryl methyl sites for hydroxylation is 1. The molecule has 12 heavy (non-hydrogen) atoms. The maximum atomic E-state index is 12.1. The predicted molar refractivity (Wildman–Crippen MR) is 46.2 cm³/mol.